The molecule has 2 saturated carbocycles. The van der Waals surface area contributed by atoms with Gasteiger partial charge < -0.3 is 0 Å². The number of hydrazine groups is 1. The lowest BCUT2D eigenvalue weighted by Gasteiger charge is -2.30. The Bertz CT molecular complexity index is 186. The molecule has 0 spiro atoms. The van der Waals surface area contributed by atoms with Crippen molar-refractivity contribution in [2.75, 3.05) is 5.75 Å². The third kappa shape index (κ3) is 3.64. The summed E-state index contributed by atoms with van der Waals surface area (Å²) in [4.78, 5) is 0. The van der Waals surface area contributed by atoms with Crippen LogP contribution < -0.4 is 11.3 Å². The lowest BCUT2D eigenvalue weighted by atomic mass is 9.85. The van der Waals surface area contributed by atoms with Crippen LogP contribution in [0.2, 0.25) is 0 Å². The highest BCUT2D eigenvalue weighted by Gasteiger charge is 2.24. The van der Waals surface area contributed by atoms with Crippen LogP contribution in [-0.4, -0.2) is 17.0 Å². The molecule has 3 N–H and O–H groups in total. The average Bonchev–Trinajstić information content (AvgIpc) is 2.84. The van der Waals surface area contributed by atoms with Crippen LogP contribution in [0.25, 0.3) is 0 Å². The first-order valence-corrected chi connectivity index (χ1v) is 8.03. The van der Waals surface area contributed by atoms with E-state index >= 15 is 0 Å². The Hall–Kier alpha value is 0.270. The Balaban J connectivity index is 1.70. The predicted octanol–water partition coefficient (Wildman–Crippen LogP) is 3.07. The molecule has 1 unspecified atom stereocenters. The lowest BCUT2D eigenvalue weighted by molar-refractivity contribution is 0.287. The Morgan fingerprint density at radius 3 is 2.25 bits per heavy atom. The molecule has 2 rings (SSSR count). The fourth-order valence-corrected chi connectivity index (χ4v) is 4.67. The topological polar surface area (TPSA) is 38.0 Å². The first kappa shape index (κ1) is 12.7. The van der Waals surface area contributed by atoms with Gasteiger partial charge in [0.15, 0.2) is 0 Å². The summed E-state index contributed by atoms with van der Waals surface area (Å²) in [6.07, 6.45) is 12.8. The maximum Gasteiger partial charge on any atom is 0.0329 e. The molecule has 3 heteroatoms. The Morgan fingerprint density at radius 1 is 1.00 bits per heavy atom. The van der Waals surface area contributed by atoms with Crippen LogP contribution in [0, 0.1) is 5.92 Å². The quantitative estimate of drug-likeness (QED) is 0.575. The van der Waals surface area contributed by atoms with Gasteiger partial charge in [0.05, 0.1) is 0 Å². The van der Waals surface area contributed by atoms with Crippen molar-refractivity contribution in [3.8, 4) is 0 Å². The van der Waals surface area contributed by atoms with E-state index in [1.54, 1.807) is 0 Å². The SMILES string of the molecule is NNC(CSC1CCCC1)C1CCCCC1. The van der Waals surface area contributed by atoms with Gasteiger partial charge in [0.25, 0.3) is 0 Å². The third-order valence-corrected chi connectivity index (χ3v) is 5.74. The normalized spacial score (nSPS) is 26.1. The first-order chi connectivity index (χ1) is 7.90. The monoisotopic (exact) mass is 242 g/mol. The van der Waals surface area contributed by atoms with Crippen LogP contribution in [0.15, 0.2) is 0 Å². The van der Waals surface area contributed by atoms with Crippen molar-refractivity contribution >= 4 is 11.8 Å². The minimum absolute atomic E-state index is 0.561. The highest BCUT2D eigenvalue weighted by Crippen LogP contribution is 2.33. The maximum absolute atomic E-state index is 5.73. The molecular formula is C13H26N2S. The molecule has 2 aliphatic carbocycles. The van der Waals surface area contributed by atoms with E-state index < -0.39 is 0 Å². The summed E-state index contributed by atoms with van der Waals surface area (Å²) in [5, 5.41) is 0.930. The standard InChI is InChI=1S/C13H26N2S/c14-15-13(11-6-2-1-3-7-11)10-16-12-8-4-5-9-12/h11-13,15H,1-10,14H2. The van der Waals surface area contributed by atoms with Gasteiger partial charge in [0.2, 0.25) is 0 Å². The molecule has 0 saturated heterocycles. The molecule has 2 aliphatic rings. The minimum atomic E-state index is 0.561. The molecule has 0 aromatic heterocycles. The largest absolute Gasteiger partial charge is 0.271 e. The Labute approximate surface area is 104 Å². The van der Waals surface area contributed by atoms with Gasteiger partial charge in [-0.3, -0.25) is 11.3 Å². The molecule has 0 aromatic rings. The molecule has 94 valence electrons. The van der Waals surface area contributed by atoms with Gasteiger partial charge in [-0.05, 0) is 31.6 Å². The third-order valence-electron chi connectivity index (χ3n) is 4.25. The number of hydrogen-bond acceptors (Lipinski definition) is 3. The molecule has 2 nitrogen and oxygen atoms in total. The fourth-order valence-electron chi connectivity index (χ4n) is 3.15. The highest BCUT2D eigenvalue weighted by atomic mass is 32.2. The van der Waals surface area contributed by atoms with E-state index in [1.165, 1.54) is 63.5 Å². The smallest absolute Gasteiger partial charge is 0.0329 e. The second kappa shape index (κ2) is 6.87. The summed E-state index contributed by atoms with van der Waals surface area (Å²) < 4.78 is 0. The fraction of sp³-hybridized carbons (Fsp3) is 1.00. The number of hydrogen-bond donors (Lipinski definition) is 2. The summed E-state index contributed by atoms with van der Waals surface area (Å²) in [5.41, 5.74) is 3.07. The molecule has 0 heterocycles. The van der Waals surface area contributed by atoms with E-state index in [0.717, 1.165) is 11.2 Å². The van der Waals surface area contributed by atoms with Crippen molar-refractivity contribution in [3.63, 3.8) is 0 Å². The van der Waals surface area contributed by atoms with Crippen LogP contribution >= 0.6 is 11.8 Å². The molecule has 1 atom stereocenters. The lowest BCUT2D eigenvalue weighted by Crippen LogP contribution is -2.43. The molecular weight excluding hydrogens is 216 g/mol. The number of rotatable bonds is 5. The first-order valence-electron chi connectivity index (χ1n) is 6.98. The van der Waals surface area contributed by atoms with Crippen LogP contribution in [-0.2, 0) is 0 Å². The van der Waals surface area contributed by atoms with Gasteiger partial charge in [-0.15, -0.1) is 0 Å². The van der Waals surface area contributed by atoms with Crippen molar-refractivity contribution in [2.24, 2.45) is 11.8 Å². The van der Waals surface area contributed by atoms with Gasteiger partial charge in [0, 0.05) is 17.0 Å². The summed E-state index contributed by atoms with van der Waals surface area (Å²) in [6, 6.07) is 0.561. The van der Waals surface area contributed by atoms with E-state index in [1.807, 2.05) is 0 Å². The molecule has 0 amide bonds. The molecule has 2 fully saturated rings. The van der Waals surface area contributed by atoms with E-state index in [4.69, 9.17) is 5.84 Å². The van der Waals surface area contributed by atoms with Crippen molar-refractivity contribution in [1.29, 1.82) is 0 Å². The average molecular weight is 242 g/mol. The zero-order valence-corrected chi connectivity index (χ0v) is 11.1. The summed E-state index contributed by atoms with van der Waals surface area (Å²) in [5.74, 6) is 7.79. The van der Waals surface area contributed by atoms with Gasteiger partial charge >= 0.3 is 0 Å². The van der Waals surface area contributed by atoms with Crippen LogP contribution in [0.4, 0.5) is 0 Å². The number of thioether (sulfide) groups is 1. The van der Waals surface area contributed by atoms with E-state index in [2.05, 4.69) is 17.2 Å². The number of nitrogens with two attached hydrogens (primary N) is 1. The molecule has 0 radical (unpaired) electrons. The number of nitrogens with one attached hydrogen (secondary N) is 1. The van der Waals surface area contributed by atoms with Crippen LogP contribution in [0.1, 0.15) is 57.8 Å². The summed E-state index contributed by atoms with van der Waals surface area (Å²) >= 11 is 2.17. The molecule has 0 bridgehead atoms. The summed E-state index contributed by atoms with van der Waals surface area (Å²) in [7, 11) is 0. The van der Waals surface area contributed by atoms with Crippen LogP contribution in [0.3, 0.4) is 0 Å². The molecule has 0 aromatic carbocycles. The molecule has 16 heavy (non-hydrogen) atoms. The zero-order chi connectivity index (χ0) is 11.2. The van der Waals surface area contributed by atoms with Gasteiger partial charge in [-0.2, -0.15) is 11.8 Å². The van der Waals surface area contributed by atoms with Gasteiger partial charge in [-0.1, -0.05) is 32.1 Å². The van der Waals surface area contributed by atoms with E-state index in [-0.39, 0.29) is 0 Å². The molecule has 0 aliphatic heterocycles. The van der Waals surface area contributed by atoms with Crippen LogP contribution in [0.5, 0.6) is 0 Å². The van der Waals surface area contributed by atoms with Crippen molar-refractivity contribution < 1.29 is 0 Å². The Kier molecular flexibility index (Phi) is 5.46. The van der Waals surface area contributed by atoms with Crippen molar-refractivity contribution in [3.05, 3.63) is 0 Å². The highest BCUT2D eigenvalue weighted by molar-refractivity contribution is 7.99. The van der Waals surface area contributed by atoms with Gasteiger partial charge in [-0.25, -0.2) is 0 Å². The second-order valence-corrected chi connectivity index (χ2v) is 6.74. The van der Waals surface area contributed by atoms with Crippen molar-refractivity contribution in [2.45, 2.75) is 69.1 Å². The zero-order valence-electron chi connectivity index (χ0n) is 10.3. The Morgan fingerprint density at radius 2 is 1.62 bits per heavy atom. The van der Waals surface area contributed by atoms with E-state index in [0.29, 0.717) is 6.04 Å². The van der Waals surface area contributed by atoms with Gasteiger partial charge in [0.1, 0.15) is 0 Å². The van der Waals surface area contributed by atoms with E-state index in [9.17, 15) is 0 Å². The summed E-state index contributed by atoms with van der Waals surface area (Å²) in [6.45, 7) is 0. The maximum atomic E-state index is 5.73. The predicted molar refractivity (Wildman–Crippen MR) is 72.4 cm³/mol. The second-order valence-electron chi connectivity index (χ2n) is 5.41. The van der Waals surface area contributed by atoms with Crippen molar-refractivity contribution in [1.82, 2.24) is 5.43 Å². The minimum Gasteiger partial charge on any atom is -0.271 e.